The third kappa shape index (κ3) is 4.96. The normalized spacial score (nSPS) is 25.7. The Kier molecular flexibility index (Phi) is 7.69. The minimum atomic E-state index is -1.54. The molecule has 0 aliphatic carbocycles. The van der Waals surface area contributed by atoms with Gasteiger partial charge < -0.3 is 20.5 Å². The Labute approximate surface area is 283 Å². The molecule has 8 rings (SSSR count). The number of amides is 2. The Bertz CT molecular complexity index is 2010. The van der Waals surface area contributed by atoms with Crippen LogP contribution < -0.4 is 10.6 Å². The summed E-state index contributed by atoms with van der Waals surface area (Å²) in [5.74, 6) is -2.49. The van der Waals surface area contributed by atoms with E-state index in [0.717, 1.165) is 16.8 Å². The summed E-state index contributed by atoms with van der Waals surface area (Å²) in [7, 11) is 0. The second-order valence-electron chi connectivity index (χ2n) is 12.7. The van der Waals surface area contributed by atoms with Gasteiger partial charge in [0.05, 0.1) is 18.0 Å². The molecule has 3 aliphatic heterocycles. The first kappa shape index (κ1) is 30.5. The molecule has 4 heterocycles. The van der Waals surface area contributed by atoms with E-state index in [-0.39, 0.29) is 18.2 Å². The molecule has 6 atom stereocenters. The average molecular weight is 651 g/mol. The van der Waals surface area contributed by atoms with E-state index in [4.69, 9.17) is 4.74 Å². The van der Waals surface area contributed by atoms with Crippen molar-refractivity contribution < 1.29 is 24.2 Å². The Morgan fingerprint density at radius 1 is 0.796 bits per heavy atom. The number of morpholine rings is 1. The van der Waals surface area contributed by atoms with Crippen LogP contribution in [0, 0.1) is 5.92 Å². The molecule has 3 N–H and O–H groups in total. The lowest BCUT2D eigenvalue weighted by molar-refractivity contribution is -0.178. The highest BCUT2D eigenvalue weighted by Crippen LogP contribution is 2.64. The summed E-state index contributed by atoms with van der Waals surface area (Å²) in [4.78, 5) is 50.7. The highest BCUT2D eigenvalue weighted by molar-refractivity contribution is 6.12. The number of carbonyl (C=O) groups excluding carboxylic acids is 3. The van der Waals surface area contributed by atoms with Crippen LogP contribution in [0.25, 0.3) is 0 Å². The molecule has 1 spiro atoms. The number of hydrogen-bond acceptors (Lipinski definition) is 7. The Hall–Kier alpha value is -5.80. The van der Waals surface area contributed by atoms with Crippen LogP contribution in [-0.4, -0.2) is 45.4 Å². The maximum atomic E-state index is 14.8. The number of aromatic hydroxyl groups is 1. The fourth-order valence-electron chi connectivity index (χ4n) is 8.18. The van der Waals surface area contributed by atoms with Crippen LogP contribution >= 0.6 is 0 Å². The van der Waals surface area contributed by atoms with Crippen molar-refractivity contribution in [2.24, 2.45) is 5.92 Å². The molecule has 1 aromatic heterocycles. The topological polar surface area (TPSA) is 121 Å². The number of para-hydroxylation sites is 1. The molecule has 244 valence electrons. The van der Waals surface area contributed by atoms with E-state index in [1.165, 1.54) is 0 Å². The van der Waals surface area contributed by atoms with E-state index < -0.39 is 47.4 Å². The molecule has 49 heavy (non-hydrogen) atoms. The van der Waals surface area contributed by atoms with E-state index in [1.54, 1.807) is 30.5 Å². The van der Waals surface area contributed by atoms with Gasteiger partial charge >= 0.3 is 5.97 Å². The smallest absolute Gasteiger partial charge is 0.324 e. The van der Waals surface area contributed by atoms with Crippen LogP contribution in [0.2, 0.25) is 0 Å². The number of carbonyl (C=O) groups is 3. The Morgan fingerprint density at radius 3 is 2.18 bits per heavy atom. The Balaban J connectivity index is 1.35. The van der Waals surface area contributed by atoms with Crippen molar-refractivity contribution in [2.75, 3.05) is 11.9 Å². The average Bonchev–Trinajstić information content (AvgIpc) is 3.62. The molecule has 0 bridgehead atoms. The van der Waals surface area contributed by atoms with Gasteiger partial charge in [0.1, 0.15) is 23.3 Å². The zero-order valence-electron chi connectivity index (χ0n) is 26.5. The van der Waals surface area contributed by atoms with Gasteiger partial charge in [-0.05, 0) is 52.6 Å². The third-order valence-corrected chi connectivity index (χ3v) is 10.1. The number of fused-ring (bicyclic) bond motifs is 3. The van der Waals surface area contributed by atoms with Crippen molar-refractivity contribution in [3.05, 3.63) is 162 Å². The number of benzene rings is 4. The number of phenols is 1. The van der Waals surface area contributed by atoms with Crippen molar-refractivity contribution >= 4 is 23.5 Å². The fraction of sp³-hybridized carbons (Fsp3) is 0.200. The lowest BCUT2D eigenvalue weighted by Crippen LogP contribution is -2.55. The van der Waals surface area contributed by atoms with Crippen LogP contribution in [0.4, 0.5) is 5.69 Å². The summed E-state index contributed by atoms with van der Waals surface area (Å²) >= 11 is 0. The van der Waals surface area contributed by atoms with Crippen molar-refractivity contribution in [1.29, 1.82) is 0 Å². The molecular formula is C40H34N4O5. The van der Waals surface area contributed by atoms with E-state index in [9.17, 15) is 19.5 Å². The molecule has 5 aromatic rings. The molecule has 3 aliphatic rings. The maximum Gasteiger partial charge on any atom is 0.324 e. The minimum absolute atomic E-state index is 0.0623. The van der Waals surface area contributed by atoms with Gasteiger partial charge in [0.2, 0.25) is 11.8 Å². The van der Waals surface area contributed by atoms with Crippen LogP contribution in [0.1, 0.15) is 46.1 Å². The van der Waals surface area contributed by atoms with Crippen molar-refractivity contribution in [3.63, 3.8) is 0 Å². The molecular weight excluding hydrogens is 616 g/mol. The van der Waals surface area contributed by atoms with E-state index >= 15 is 0 Å². The number of nitrogens with zero attached hydrogens (tertiary/aromatic N) is 2. The molecule has 0 saturated carbocycles. The van der Waals surface area contributed by atoms with E-state index in [2.05, 4.69) is 15.6 Å². The minimum Gasteiger partial charge on any atom is -0.508 e. The molecule has 2 fully saturated rings. The standard InChI is InChI=1S/C40H34N4O5/c45-29-20-18-27(19-21-29)36-40(30-16-7-8-17-31(30)43-39(40)48)32(37(46)42-24-22-28-15-9-10-23-41-28)34-38(47)49-35(26-13-5-2-6-14-26)33(44(34)36)25-11-3-1-4-12-25/h1-21,23,32-36,45H,22,24H2,(H,42,46)(H,43,48)/t32-,33-,34-,35+,36+,40-/m1/s1. The third-order valence-electron chi connectivity index (χ3n) is 10.1. The first-order valence-corrected chi connectivity index (χ1v) is 16.4. The number of hydrogen-bond donors (Lipinski definition) is 3. The van der Waals surface area contributed by atoms with Gasteiger partial charge in [0.15, 0.2) is 0 Å². The number of aromatic nitrogens is 1. The largest absolute Gasteiger partial charge is 0.508 e. The highest BCUT2D eigenvalue weighted by Gasteiger charge is 2.73. The quantitative estimate of drug-likeness (QED) is 0.201. The molecule has 2 amide bonds. The van der Waals surface area contributed by atoms with E-state index in [0.29, 0.717) is 23.2 Å². The van der Waals surface area contributed by atoms with Crippen molar-refractivity contribution in [3.8, 4) is 5.75 Å². The second kappa shape index (κ2) is 12.3. The van der Waals surface area contributed by atoms with Crippen molar-refractivity contribution in [1.82, 2.24) is 15.2 Å². The molecule has 9 nitrogen and oxygen atoms in total. The monoisotopic (exact) mass is 650 g/mol. The second-order valence-corrected chi connectivity index (χ2v) is 12.7. The number of cyclic esters (lactones) is 1. The van der Waals surface area contributed by atoms with Gasteiger partial charge in [-0.15, -0.1) is 0 Å². The van der Waals surface area contributed by atoms with Gasteiger partial charge in [-0.3, -0.25) is 24.3 Å². The van der Waals surface area contributed by atoms with Crippen molar-refractivity contribution in [2.45, 2.75) is 36.1 Å². The molecule has 0 unspecified atom stereocenters. The zero-order valence-corrected chi connectivity index (χ0v) is 26.5. The first-order valence-electron chi connectivity index (χ1n) is 16.4. The molecule has 9 heteroatoms. The van der Waals surface area contributed by atoms with Crippen LogP contribution in [0.3, 0.4) is 0 Å². The van der Waals surface area contributed by atoms with Gasteiger partial charge in [-0.2, -0.15) is 0 Å². The predicted molar refractivity (Wildman–Crippen MR) is 182 cm³/mol. The fourth-order valence-corrected chi connectivity index (χ4v) is 8.18. The number of phenolic OH excluding ortho intramolecular Hbond substituents is 1. The number of nitrogens with one attached hydrogen (secondary N) is 2. The van der Waals surface area contributed by atoms with Crippen LogP contribution in [-0.2, 0) is 31.0 Å². The van der Waals surface area contributed by atoms with Gasteiger partial charge in [0.25, 0.3) is 0 Å². The van der Waals surface area contributed by atoms with Gasteiger partial charge in [-0.25, -0.2) is 0 Å². The lowest BCUT2D eigenvalue weighted by Gasteiger charge is -2.46. The Morgan fingerprint density at radius 2 is 1.47 bits per heavy atom. The van der Waals surface area contributed by atoms with Gasteiger partial charge in [0, 0.05) is 30.5 Å². The lowest BCUT2D eigenvalue weighted by atomic mass is 9.65. The number of pyridine rings is 1. The van der Waals surface area contributed by atoms with Crippen LogP contribution in [0.5, 0.6) is 5.75 Å². The highest BCUT2D eigenvalue weighted by atomic mass is 16.6. The summed E-state index contributed by atoms with van der Waals surface area (Å²) in [6, 6.07) is 36.5. The SMILES string of the molecule is O=C1O[C@@H](c2ccccc2)[C@@H](c2ccccc2)N2[C@@H](c3ccc(O)cc3)[C@]3(C(=O)Nc4ccccc43)[C@@H](C(=O)NCCc3ccccn3)[C@H]12. The van der Waals surface area contributed by atoms with E-state index in [1.807, 2.05) is 108 Å². The number of ether oxygens (including phenoxy) is 1. The van der Waals surface area contributed by atoms with Gasteiger partial charge in [-0.1, -0.05) is 97.1 Å². The molecule has 2 saturated heterocycles. The first-order chi connectivity index (χ1) is 24.0. The maximum absolute atomic E-state index is 14.8. The summed E-state index contributed by atoms with van der Waals surface area (Å²) in [5, 5.41) is 16.5. The molecule has 0 radical (unpaired) electrons. The predicted octanol–water partition coefficient (Wildman–Crippen LogP) is 5.42. The number of esters is 1. The number of anilines is 1. The number of rotatable bonds is 7. The van der Waals surface area contributed by atoms with Crippen LogP contribution in [0.15, 0.2) is 134 Å². The summed E-state index contributed by atoms with van der Waals surface area (Å²) < 4.78 is 6.39. The zero-order chi connectivity index (χ0) is 33.5. The summed E-state index contributed by atoms with van der Waals surface area (Å²) in [5.41, 5.74) is 2.84. The molecule has 4 aromatic carbocycles. The summed E-state index contributed by atoms with van der Waals surface area (Å²) in [6.07, 6.45) is 1.43. The summed E-state index contributed by atoms with van der Waals surface area (Å²) in [6.45, 7) is 0.256.